The predicted octanol–water partition coefficient (Wildman–Crippen LogP) is 1.88. The lowest BCUT2D eigenvalue weighted by atomic mass is 10.00. The van der Waals surface area contributed by atoms with Crippen molar-refractivity contribution in [2.24, 2.45) is 0 Å². The third kappa shape index (κ3) is 3.23. The highest BCUT2D eigenvalue weighted by Gasteiger charge is 2.37. The molecule has 2 fully saturated rings. The van der Waals surface area contributed by atoms with Crippen molar-refractivity contribution >= 4 is 6.03 Å². The fraction of sp³-hybridized carbons (Fsp3) is 0.588. The number of halogens is 2. The summed E-state index contributed by atoms with van der Waals surface area (Å²) in [6, 6.07) is 3.19. The molecule has 2 aliphatic rings. The third-order valence-corrected chi connectivity index (χ3v) is 5.09. The van der Waals surface area contributed by atoms with Crippen molar-refractivity contribution < 1.29 is 18.7 Å². The van der Waals surface area contributed by atoms with E-state index in [1.807, 2.05) is 11.9 Å². The van der Waals surface area contributed by atoms with Crippen LogP contribution in [0.4, 0.5) is 13.6 Å². The highest BCUT2D eigenvalue weighted by Crippen LogP contribution is 2.32. The Hall–Kier alpha value is -1.73. The van der Waals surface area contributed by atoms with Crippen LogP contribution in [0.2, 0.25) is 0 Å². The number of carbonyl (C=O) groups is 1. The Labute approximate surface area is 140 Å². The van der Waals surface area contributed by atoms with Gasteiger partial charge >= 0.3 is 6.03 Å². The molecule has 5 nitrogen and oxygen atoms in total. The van der Waals surface area contributed by atoms with Gasteiger partial charge in [-0.2, -0.15) is 0 Å². The summed E-state index contributed by atoms with van der Waals surface area (Å²) >= 11 is 0. The maximum absolute atomic E-state index is 13.6. The van der Waals surface area contributed by atoms with Crippen molar-refractivity contribution in [2.75, 3.05) is 26.7 Å². The molecule has 7 heteroatoms. The molecule has 3 atom stereocenters. The smallest absolute Gasteiger partial charge is 0.318 e. The Morgan fingerprint density at radius 1 is 1.29 bits per heavy atom. The Bertz CT molecular complexity index is 613. The Kier molecular flexibility index (Phi) is 5.01. The highest BCUT2D eigenvalue weighted by atomic mass is 19.2. The standard InChI is InChI=1S/C17H23F2N3O2/c1-21-8-6-15(16(21)11-4-5-13(18)14(19)9-11)20-17(24)22-7-2-3-12(22)10-23/h4-5,9,12,15-16,23H,2-3,6-8,10H2,1H3,(H,20,24)/t12-,15?,16?/m0/s1. The molecule has 2 unspecified atom stereocenters. The van der Waals surface area contributed by atoms with Crippen LogP contribution < -0.4 is 5.32 Å². The fourth-order valence-corrected chi connectivity index (χ4v) is 3.82. The molecule has 1 aromatic carbocycles. The van der Waals surface area contributed by atoms with E-state index in [4.69, 9.17) is 0 Å². The molecule has 0 aromatic heterocycles. The second-order valence-corrected chi connectivity index (χ2v) is 6.62. The highest BCUT2D eigenvalue weighted by molar-refractivity contribution is 5.75. The Morgan fingerprint density at radius 3 is 2.79 bits per heavy atom. The SMILES string of the molecule is CN1CCC(NC(=O)N2CCC[C@H]2CO)C1c1ccc(F)c(F)c1. The van der Waals surface area contributed by atoms with Crippen LogP contribution in [-0.2, 0) is 0 Å². The first-order valence-corrected chi connectivity index (χ1v) is 8.34. The molecular formula is C17H23F2N3O2. The van der Waals surface area contributed by atoms with Gasteiger partial charge in [-0.1, -0.05) is 6.07 Å². The summed E-state index contributed by atoms with van der Waals surface area (Å²) in [6.07, 6.45) is 2.43. The van der Waals surface area contributed by atoms with Gasteiger partial charge in [-0.15, -0.1) is 0 Å². The zero-order valence-electron chi connectivity index (χ0n) is 13.7. The van der Waals surface area contributed by atoms with Gasteiger partial charge in [0.05, 0.1) is 24.7 Å². The molecule has 0 bridgehead atoms. The van der Waals surface area contributed by atoms with Gasteiger partial charge in [0.15, 0.2) is 11.6 Å². The fourth-order valence-electron chi connectivity index (χ4n) is 3.82. The Balaban J connectivity index is 1.74. The van der Waals surface area contributed by atoms with E-state index in [0.717, 1.165) is 31.9 Å². The van der Waals surface area contributed by atoms with Gasteiger partial charge in [0.1, 0.15) is 0 Å². The van der Waals surface area contributed by atoms with Gasteiger partial charge < -0.3 is 15.3 Å². The molecule has 1 aromatic rings. The minimum absolute atomic E-state index is 0.0371. The number of hydrogen-bond acceptors (Lipinski definition) is 3. The van der Waals surface area contributed by atoms with E-state index >= 15 is 0 Å². The zero-order valence-corrected chi connectivity index (χ0v) is 13.7. The lowest BCUT2D eigenvalue weighted by Gasteiger charge is -2.30. The molecule has 2 heterocycles. The second-order valence-electron chi connectivity index (χ2n) is 6.62. The number of rotatable bonds is 3. The van der Waals surface area contributed by atoms with E-state index in [-0.39, 0.29) is 30.8 Å². The lowest BCUT2D eigenvalue weighted by molar-refractivity contribution is 0.152. The summed E-state index contributed by atoms with van der Waals surface area (Å²) in [5.41, 5.74) is 0.652. The molecule has 0 radical (unpaired) electrons. The number of aliphatic hydroxyl groups is 1. The van der Waals surface area contributed by atoms with Crippen molar-refractivity contribution in [1.29, 1.82) is 0 Å². The van der Waals surface area contributed by atoms with E-state index in [1.54, 1.807) is 11.0 Å². The summed E-state index contributed by atoms with van der Waals surface area (Å²) in [5.74, 6) is -1.75. The van der Waals surface area contributed by atoms with Crippen molar-refractivity contribution in [3.63, 3.8) is 0 Å². The van der Waals surface area contributed by atoms with Gasteiger partial charge in [-0.3, -0.25) is 4.90 Å². The molecule has 3 rings (SSSR count). The van der Waals surface area contributed by atoms with Crippen LogP contribution in [0.25, 0.3) is 0 Å². The van der Waals surface area contributed by atoms with Gasteiger partial charge in [0.2, 0.25) is 0 Å². The van der Waals surface area contributed by atoms with Gasteiger partial charge in [-0.05, 0) is 44.0 Å². The average molecular weight is 339 g/mol. The molecule has 2 aliphatic heterocycles. The second kappa shape index (κ2) is 7.03. The number of urea groups is 1. The molecule has 2 N–H and O–H groups in total. The number of nitrogens with one attached hydrogen (secondary N) is 1. The number of nitrogens with zero attached hydrogens (tertiary/aromatic N) is 2. The van der Waals surface area contributed by atoms with Crippen molar-refractivity contribution in [2.45, 2.75) is 37.4 Å². The Morgan fingerprint density at radius 2 is 2.08 bits per heavy atom. The maximum atomic E-state index is 13.6. The molecular weight excluding hydrogens is 316 g/mol. The quantitative estimate of drug-likeness (QED) is 0.884. The molecule has 0 aliphatic carbocycles. The van der Waals surface area contributed by atoms with Crippen LogP contribution in [0, 0.1) is 11.6 Å². The molecule has 2 amide bonds. The normalized spacial score (nSPS) is 27.7. The first-order valence-electron chi connectivity index (χ1n) is 8.34. The van der Waals surface area contributed by atoms with Crippen LogP contribution in [0.3, 0.4) is 0 Å². The summed E-state index contributed by atoms with van der Waals surface area (Å²) in [6.45, 7) is 1.36. The number of likely N-dealkylation sites (tertiary alicyclic amines) is 2. The van der Waals surface area contributed by atoms with E-state index in [2.05, 4.69) is 5.32 Å². The van der Waals surface area contributed by atoms with Crippen LogP contribution in [0.1, 0.15) is 30.9 Å². The number of aliphatic hydroxyl groups excluding tert-OH is 1. The first kappa shape index (κ1) is 17.1. The van der Waals surface area contributed by atoms with Crippen molar-refractivity contribution in [3.8, 4) is 0 Å². The van der Waals surface area contributed by atoms with Gasteiger partial charge in [-0.25, -0.2) is 13.6 Å². The summed E-state index contributed by atoms with van der Waals surface area (Å²) < 4.78 is 26.8. The lowest BCUT2D eigenvalue weighted by Crippen LogP contribution is -2.49. The van der Waals surface area contributed by atoms with E-state index in [9.17, 15) is 18.7 Å². The average Bonchev–Trinajstić information content (AvgIpc) is 3.17. The van der Waals surface area contributed by atoms with Crippen LogP contribution in [-0.4, -0.2) is 59.8 Å². The zero-order chi connectivity index (χ0) is 17.3. The maximum Gasteiger partial charge on any atom is 0.318 e. The molecule has 2 saturated heterocycles. The van der Waals surface area contributed by atoms with E-state index < -0.39 is 11.6 Å². The van der Waals surface area contributed by atoms with Crippen LogP contribution >= 0.6 is 0 Å². The predicted molar refractivity (Wildman–Crippen MR) is 85.5 cm³/mol. The van der Waals surface area contributed by atoms with Gasteiger partial charge in [0.25, 0.3) is 0 Å². The number of likely N-dealkylation sites (N-methyl/N-ethyl adjacent to an activating group) is 1. The van der Waals surface area contributed by atoms with Crippen LogP contribution in [0.15, 0.2) is 18.2 Å². The van der Waals surface area contributed by atoms with Crippen molar-refractivity contribution in [3.05, 3.63) is 35.4 Å². The minimum atomic E-state index is -0.877. The van der Waals surface area contributed by atoms with E-state index in [0.29, 0.717) is 12.1 Å². The summed E-state index contributed by atoms with van der Waals surface area (Å²) in [4.78, 5) is 16.2. The summed E-state index contributed by atoms with van der Waals surface area (Å²) in [7, 11) is 1.91. The summed E-state index contributed by atoms with van der Waals surface area (Å²) in [5, 5.41) is 12.4. The van der Waals surface area contributed by atoms with Gasteiger partial charge in [0, 0.05) is 13.1 Å². The minimum Gasteiger partial charge on any atom is -0.394 e. The largest absolute Gasteiger partial charge is 0.394 e. The number of carbonyl (C=O) groups excluding carboxylic acids is 1. The van der Waals surface area contributed by atoms with Crippen LogP contribution in [0.5, 0.6) is 0 Å². The number of hydrogen-bond donors (Lipinski definition) is 2. The monoisotopic (exact) mass is 339 g/mol. The first-order chi connectivity index (χ1) is 11.5. The third-order valence-electron chi connectivity index (χ3n) is 5.09. The molecule has 0 spiro atoms. The molecule has 0 saturated carbocycles. The molecule has 24 heavy (non-hydrogen) atoms. The topological polar surface area (TPSA) is 55.8 Å². The van der Waals surface area contributed by atoms with E-state index in [1.165, 1.54) is 6.07 Å². The number of benzene rings is 1. The van der Waals surface area contributed by atoms with Crippen molar-refractivity contribution in [1.82, 2.24) is 15.1 Å². The molecule has 132 valence electrons. The number of amides is 2.